The molecule has 0 amide bonds. The molecule has 0 spiro atoms. The van der Waals surface area contributed by atoms with Crippen molar-refractivity contribution in [2.75, 3.05) is 0 Å². The summed E-state index contributed by atoms with van der Waals surface area (Å²) in [6.45, 7) is 2.66. The maximum Gasteiger partial charge on any atom is 0.00923 e. The third-order valence-electron chi connectivity index (χ3n) is 9.42. The molecule has 0 bridgehead atoms. The van der Waals surface area contributed by atoms with Crippen molar-refractivity contribution < 1.29 is 0 Å². The molecule has 3 aromatic carbocycles. The van der Waals surface area contributed by atoms with Crippen molar-refractivity contribution in [3.8, 4) is 0 Å². The summed E-state index contributed by atoms with van der Waals surface area (Å²) < 4.78 is 0. The molecule has 6 rings (SSSR count). The van der Waals surface area contributed by atoms with Gasteiger partial charge in [0.25, 0.3) is 0 Å². The lowest BCUT2D eigenvalue weighted by atomic mass is 9.93. The van der Waals surface area contributed by atoms with Crippen molar-refractivity contribution in [1.29, 1.82) is 0 Å². The molecule has 0 aromatic heterocycles. The van der Waals surface area contributed by atoms with Crippen molar-refractivity contribution in [2.45, 2.75) is 88.1 Å². The Morgan fingerprint density at radius 3 is 1.69 bits per heavy atom. The summed E-state index contributed by atoms with van der Waals surface area (Å²) >= 11 is 0. The minimum absolute atomic E-state index is 0.0144. The average Bonchev–Trinajstić information content (AvgIpc) is 3.50. The van der Waals surface area contributed by atoms with Crippen molar-refractivity contribution in [3.63, 3.8) is 0 Å². The molecule has 202 valence electrons. The third-order valence-corrected chi connectivity index (χ3v) is 15.9. The van der Waals surface area contributed by atoms with Crippen LogP contribution in [0.15, 0.2) is 103 Å². The van der Waals surface area contributed by atoms with Gasteiger partial charge >= 0.3 is 0 Å². The van der Waals surface area contributed by atoms with Gasteiger partial charge in [0.1, 0.15) is 0 Å². The summed E-state index contributed by atoms with van der Waals surface area (Å²) in [4.78, 5) is 0. The van der Waals surface area contributed by atoms with Crippen LogP contribution in [0.1, 0.15) is 76.7 Å². The molecule has 2 fully saturated rings. The van der Waals surface area contributed by atoms with Crippen molar-refractivity contribution in [2.24, 2.45) is 5.92 Å². The Hall–Kier alpha value is -2.00. The lowest BCUT2D eigenvalue weighted by molar-refractivity contribution is 0.479. The van der Waals surface area contributed by atoms with Crippen LogP contribution >= 0.6 is 15.8 Å². The van der Waals surface area contributed by atoms with Gasteiger partial charge in [-0.3, -0.25) is 0 Å². The molecule has 39 heavy (non-hydrogen) atoms. The lowest BCUT2D eigenvalue weighted by Crippen LogP contribution is -2.30. The van der Waals surface area contributed by atoms with E-state index in [9.17, 15) is 0 Å². The van der Waals surface area contributed by atoms with Crippen molar-refractivity contribution in [1.82, 2.24) is 0 Å². The van der Waals surface area contributed by atoms with Gasteiger partial charge in [0.2, 0.25) is 0 Å². The van der Waals surface area contributed by atoms with Crippen LogP contribution in [0.5, 0.6) is 0 Å². The van der Waals surface area contributed by atoms with Gasteiger partial charge in [-0.2, -0.15) is 0 Å². The zero-order valence-corrected chi connectivity index (χ0v) is 25.4. The molecular weight excluding hydrogens is 506 g/mol. The van der Waals surface area contributed by atoms with Gasteiger partial charge in [-0.1, -0.05) is 157 Å². The van der Waals surface area contributed by atoms with E-state index in [4.69, 9.17) is 0 Å². The molecule has 0 nitrogen and oxygen atoms in total. The summed E-state index contributed by atoms with van der Waals surface area (Å²) in [5.41, 5.74) is 5.80. The highest BCUT2D eigenvalue weighted by atomic mass is 31.1. The average molecular weight is 551 g/mol. The Bertz CT molecular complexity index is 1190. The fourth-order valence-electron chi connectivity index (χ4n) is 7.58. The highest BCUT2D eigenvalue weighted by molar-refractivity contribution is 7.80. The second kappa shape index (κ2) is 13.1. The Balaban J connectivity index is 1.37. The van der Waals surface area contributed by atoms with Crippen molar-refractivity contribution >= 4 is 37.3 Å². The fraction of sp³-hybridized carbons (Fsp3) is 0.405. The molecule has 3 aliphatic rings. The SMILES string of the molecule is C[C@H](C1C=CC=C1c1ccccc1P(c1ccccc1)c1ccccc1)P(C1CCCCC1)C1CCCCC1. The van der Waals surface area contributed by atoms with E-state index in [1.54, 1.807) is 5.57 Å². The van der Waals surface area contributed by atoms with Crippen LogP contribution in [0.3, 0.4) is 0 Å². The van der Waals surface area contributed by atoms with Gasteiger partial charge in [-0.15, -0.1) is 0 Å². The topological polar surface area (TPSA) is 0 Å². The first-order valence-corrected chi connectivity index (χ1v) is 18.4. The Kier molecular flexibility index (Phi) is 9.14. The summed E-state index contributed by atoms with van der Waals surface area (Å²) in [7, 11) is -0.610. The predicted molar refractivity (Wildman–Crippen MR) is 176 cm³/mol. The van der Waals surface area contributed by atoms with E-state index in [0.29, 0.717) is 5.92 Å². The maximum atomic E-state index is 2.66. The highest BCUT2D eigenvalue weighted by Gasteiger charge is 2.39. The maximum absolute atomic E-state index is 2.66. The quantitative estimate of drug-likeness (QED) is 0.245. The lowest BCUT2D eigenvalue weighted by Gasteiger charge is -2.44. The first-order chi connectivity index (χ1) is 19.3. The van der Waals surface area contributed by atoms with Gasteiger partial charge in [0.05, 0.1) is 0 Å². The van der Waals surface area contributed by atoms with E-state index >= 15 is 0 Å². The Labute approximate surface area is 239 Å². The molecule has 2 atom stereocenters. The van der Waals surface area contributed by atoms with Crippen molar-refractivity contribution in [3.05, 3.63) is 109 Å². The van der Waals surface area contributed by atoms with E-state index < -0.39 is 7.92 Å². The van der Waals surface area contributed by atoms with Crippen LogP contribution in [-0.2, 0) is 0 Å². The second-order valence-electron chi connectivity index (χ2n) is 11.8. The van der Waals surface area contributed by atoms with Gasteiger partial charge in [-0.25, -0.2) is 0 Å². The number of hydrogen-bond donors (Lipinski definition) is 0. The first-order valence-electron chi connectivity index (χ1n) is 15.5. The number of allylic oxidation sites excluding steroid dienone is 4. The Morgan fingerprint density at radius 2 is 1.13 bits per heavy atom. The number of benzene rings is 3. The van der Waals surface area contributed by atoms with Crippen LogP contribution in [0.4, 0.5) is 0 Å². The first kappa shape index (κ1) is 27.2. The van der Waals surface area contributed by atoms with Gasteiger partial charge < -0.3 is 0 Å². The summed E-state index contributed by atoms with van der Waals surface area (Å²) in [5.74, 6) is 0.546. The number of hydrogen-bond acceptors (Lipinski definition) is 0. The molecule has 2 heteroatoms. The molecule has 0 heterocycles. The zero-order valence-electron chi connectivity index (χ0n) is 23.6. The second-order valence-corrected chi connectivity index (χ2v) is 17.2. The van der Waals surface area contributed by atoms with E-state index in [1.165, 1.54) is 85.7 Å². The van der Waals surface area contributed by atoms with Crippen LogP contribution < -0.4 is 15.9 Å². The van der Waals surface area contributed by atoms with Crippen LogP contribution in [-0.4, -0.2) is 17.0 Å². The zero-order chi connectivity index (χ0) is 26.4. The minimum Gasteiger partial charge on any atom is -0.0965 e. The summed E-state index contributed by atoms with van der Waals surface area (Å²) in [6, 6.07) is 31.9. The minimum atomic E-state index is -0.624. The molecule has 0 radical (unpaired) electrons. The summed E-state index contributed by atoms with van der Waals surface area (Å²) in [5, 5.41) is 4.39. The standard InChI is InChI=1S/C37H44P2/c1-29(38(30-17-6-2-7-18-30)31-19-8-3-9-20-31)34-26-16-27-35(34)36-25-14-15-28-37(36)39(32-21-10-4-11-22-32)33-23-12-5-13-24-33/h4-5,10-16,21-31,34H,2-3,6-9,17-20H2,1H3/t29-,34?/m1/s1. The molecule has 0 N–H and O–H groups in total. The van der Waals surface area contributed by atoms with Crippen LogP contribution in [0.2, 0.25) is 0 Å². The van der Waals surface area contributed by atoms with E-state index in [1.807, 2.05) is 0 Å². The molecule has 3 aromatic rings. The van der Waals surface area contributed by atoms with Gasteiger partial charge in [-0.05, 0) is 77.6 Å². The normalized spacial score (nSPS) is 21.4. The smallest absolute Gasteiger partial charge is 0.00923 e. The molecule has 0 aliphatic heterocycles. The third kappa shape index (κ3) is 6.04. The number of rotatable bonds is 8. The van der Waals surface area contributed by atoms with E-state index in [2.05, 4.69) is 110 Å². The molecule has 0 saturated heterocycles. The molecular formula is C37H44P2. The summed E-state index contributed by atoms with van der Waals surface area (Å²) in [6.07, 6.45) is 22.2. The largest absolute Gasteiger partial charge is 0.0965 e. The van der Waals surface area contributed by atoms with Gasteiger partial charge in [0, 0.05) is 5.92 Å². The molecule has 2 saturated carbocycles. The highest BCUT2D eigenvalue weighted by Crippen LogP contribution is 2.62. The van der Waals surface area contributed by atoms with E-state index in [-0.39, 0.29) is 7.92 Å². The Morgan fingerprint density at radius 1 is 0.615 bits per heavy atom. The van der Waals surface area contributed by atoms with Crippen LogP contribution in [0, 0.1) is 5.92 Å². The molecule has 3 aliphatic carbocycles. The monoisotopic (exact) mass is 550 g/mol. The van der Waals surface area contributed by atoms with Crippen LogP contribution in [0.25, 0.3) is 5.57 Å². The predicted octanol–water partition coefficient (Wildman–Crippen LogP) is 9.55. The van der Waals surface area contributed by atoms with E-state index in [0.717, 1.165) is 17.0 Å². The van der Waals surface area contributed by atoms with Gasteiger partial charge in [0.15, 0.2) is 0 Å². The fourth-order valence-corrected chi connectivity index (χ4v) is 14.5. The molecule has 1 unspecified atom stereocenters.